The minimum atomic E-state index is -0.270. The summed E-state index contributed by atoms with van der Waals surface area (Å²) in [6.45, 7) is 2.22. The van der Waals surface area contributed by atoms with Crippen molar-refractivity contribution in [1.29, 1.82) is 0 Å². The van der Waals surface area contributed by atoms with E-state index in [-0.39, 0.29) is 17.5 Å². The van der Waals surface area contributed by atoms with Crippen LogP contribution in [0.2, 0.25) is 0 Å². The van der Waals surface area contributed by atoms with Crippen LogP contribution in [0.1, 0.15) is 16.1 Å². The number of amides is 1. The highest BCUT2D eigenvalue weighted by atomic mass is 32.2. The molecule has 0 aliphatic heterocycles. The van der Waals surface area contributed by atoms with Crippen LogP contribution in [0.25, 0.3) is 0 Å². The largest absolute Gasteiger partial charge is 0.489 e. The summed E-state index contributed by atoms with van der Waals surface area (Å²) >= 11 is 2.77. The molecule has 0 atom stereocenters. The Morgan fingerprint density at radius 2 is 1.96 bits per heavy atom. The Morgan fingerprint density at radius 1 is 1.21 bits per heavy atom. The van der Waals surface area contributed by atoms with Gasteiger partial charge in [-0.3, -0.25) is 4.79 Å². The van der Waals surface area contributed by atoms with Gasteiger partial charge in [0.25, 0.3) is 5.91 Å². The van der Waals surface area contributed by atoms with Gasteiger partial charge in [0.05, 0.1) is 12.0 Å². The van der Waals surface area contributed by atoms with Gasteiger partial charge < -0.3 is 4.74 Å². The molecule has 9 heteroatoms. The van der Waals surface area contributed by atoms with Crippen molar-refractivity contribution in [1.82, 2.24) is 15.6 Å². The van der Waals surface area contributed by atoms with E-state index in [0.29, 0.717) is 12.4 Å². The molecular weight excluding hydrogens is 399 g/mol. The van der Waals surface area contributed by atoms with Crippen molar-refractivity contribution >= 4 is 35.2 Å². The SMILES string of the molecule is Cc1nnc(SCC(=O)N/N=C\c2ccc(OCc3ccc(F)cc3)cc2)s1. The smallest absolute Gasteiger partial charge is 0.250 e. The molecule has 0 saturated carbocycles. The number of carbonyl (C=O) groups excluding carboxylic acids is 1. The van der Waals surface area contributed by atoms with Crippen LogP contribution in [0, 0.1) is 12.7 Å². The number of aryl methyl sites for hydroxylation is 1. The number of hydrogen-bond acceptors (Lipinski definition) is 7. The highest BCUT2D eigenvalue weighted by Gasteiger charge is 2.05. The summed E-state index contributed by atoms with van der Waals surface area (Å²) < 4.78 is 19.3. The molecule has 0 spiro atoms. The van der Waals surface area contributed by atoms with E-state index >= 15 is 0 Å². The van der Waals surface area contributed by atoms with Gasteiger partial charge in [-0.15, -0.1) is 10.2 Å². The summed E-state index contributed by atoms with van der Waals surface area (Å²) in [6, 6.07) is 13.4. The van der Waals surface area contributed by atoms with Gasteiger partial charge in [0.15, 0.2) is 4.34 Å². The standard InChI is InChI=1S/C19H17FN4O2S2/c1-13-22-24-19(28-13)27-12-18(25)23-21-10-14-4-8-17(9-5-14)26-11-15-2-6-16(20)7-3-15/h2-10H,11-12H2,1H3,(H,23,25)/b21-10-. The summed E-state index contributed by atoms with van der Waals surface area (Å²) in [5, 5.41) is 12.7. The maximum Gasteiger partial charge on any atom is 0.250 e. The number of benzene rings is 2. The summed E-state index contributed by atoms with van der Waals surface area (Å²) in [5.74, 6) is 0.429. The van der Waals surface area contributed by atoms with E-state index in [0.717, 1.165) is 20.5 Å². The van der Waals surface area contributed by atoms with Gasteiger partial charge in [0.1, 0.15) is 23.2 Å². The van der Waals surface area contributed by atoms with Gasteiger partial charge in [-0.05, 0) is 54.4 Å². The summed E-state index contributed by atoms with van der Waals surface area (Å²) in [4.78, 5) is 11.8. The number of nitrogens with one attached hydrogen (secondary N) is 1. The molecule has 0 bridgehead atoms. The molecule has 144 valence electrons. The summed E-state index contributed by atoms with van der Waals surface area (Å²) in [6.07, 6.45) is 1.56. The second-order valence-electron chi connectivity index (χ2n) is 5.65. The molecular formula is C19H17FN4O2S2. The van der Waals surface area contributed by atoms with Crippen LogP contribution in [0.4, 0.5) is 4.39 Å². The minimum Gasteiger partial charge on any atom is -0.489 e. The Hall–Kier alpha value is -2.78. The molecule has 28 heavy (non-hydrogen) atoms. The molecule has 1 N–H and O–H groups in total. The van der Waals surface area contributed by atoms with Gasteiger partial charge in [-0.2, -0.15) is 5.10 Å². The van der Waals surface area contributed by atoms with Gasteiger partial charge in [-0.25, -0.2) is 9.82 Å². The number of carbonyl (C=O) groups is 1. The second kappa shape index (κ2) is 9.95. The van der Waals surface area contributed by atoms with Crippen molar-refractivity contribution in [2.45, 2.75) is 17.9 Å². The van der Waals surface area contributed by atoms with E-state index in [1.807, 2.05) is 19.1 Å². The van der Waals surface area contributed by atoms with Crippen LogP contribution in [0.3, 0.4) is 0 Å². The van der Waals surface area contributed by atoms with Crippen LogP contribution >= 0.6 is 23.1 Å². The van der Waals surface area contributed by atoms with Crippen molar-refractivity contribution in [3.63, 3.8) is 0 Å². The van der Waals surface area contributed by atoms with Crippen molar-refractivity contribution in [3.05, 3.63) is 70.5 Å². The average Bonchev–Trinajstić information content (AvgIpc) is 3.12. The molecule has 2 aromatic carbocycles. The maximum absolute atomic E-state index is 12.9. The molecule has 1 heterocycles. The number of aromatic nitrogens is 2. The van der Waals surface area contributed by atoms with Crippen LogP contribution in [0.15, 0.2) is 58.0 Å². The van der Waals surface area contributed by atoms with E-state index in [9.17, 15) is 9.18 Å². The van der Waals surface area contributed by atoms with Crippen molar-refractivity contribution in [2.24, 2.45) is 5.10 Å². The second-order valence-corrected chi connectivity index (χ2v) is 8.06. The molecule has 3 rings (SSSR count). The van der Waals surface area contributed by atoms with E-state index < -0.39 is 0 Å². The zero-order valence-corrected chi connectivity index (χ0v) is 16.6. The zero-order valence-electron chi connectivity index (χ0n) is 15.0. The fourth-order valence-electron chi connectivity index (χ4n) is 2.07. The lowest BCUT2D eigenvalue weighted by Crippen LogP contribution is -2.19. The highest BCUT2D eigenvalue weighted by Crippen LogP contribution is 2.21. The Bertz CT molecular complexity index is 943. The number of nitrogens with zero attached hydrogens (tertiary/aromatic N) is 3. The Kier molecular flexibility index (Phi) is 7.10. The van der Waals surface area contributed by atoms with Crippen LogP contribution in [-0.2, 0) is 11.4 Å². The van der Waals surface area contributed by atoms with E-state index in [1.54, 1.807) is 30.5 Å². The summed E-state index contributed by atoms with van der Waals surface area (Å²) in [5.41, 5.74) is 4.18. The molecule has 0 aliphatic carbocycles. The van der Waals surface area contributed by atoms with Gasteiger partial charge >= 0.3 is 0 Å². The fourth-order valence-corrected chi connectivity index (χ4v) is 3.68. The number of thioether (sulfide) groups is 1. The van der Waals surface area contributed by atoms with Crippen LogP contribution in [-0.4, -0.2) is 28.1 Å². The van der Waals surface area contributed by atoms with E-state index in [1.165, 1.54) is 35.2 Å². The van der Waals surface area contributed by atoms with Gasteiger partial charge in [0, 0.05) is 0 Å². The van der Waals surface area contributed by atoms with Gasteiger partial charge in [-0.1, -0.05) is 35.2 Å². The topological polar surface area (TPSA) is 76.5 Å². The first-order chi connectivity index (χ1) is 13.6. The molecule has 0 radical (unpaired) electrons. The molecule has 1 amide bonds. The number of hydrogen-bond donors (Lipinski definition) is 1. The Morgan fingerprint density at radius 3 is 2.64 bits per heavy atom. The maximum atomic E-state index is 12.9. The molecule has 0 fully saturated rings. The summed E-state index contributed by atoms with van der Waals surface area (Å²) in [7, 11) is 0. The van der Waals surface area contributed by atoms with E-state index in [2.05, 4.69) is 20.7 Å². The predicted molar refractivity (Wildman–Crippen MR) is 108 cm³/mol. The molecule has 6 nitrogen and oxygen atoms in total. The van der Waals surface area contributed by atoms with Gasteiger partial charge in [0.2, 0.25) is 0 Å². The molecule has 1 aromatic heterocycles. The molecule has 0 saturated heterocycles. The molecule has 0 unspecified atom stereocenters. The monoisotopic (exact) mass is 416 g/mol. The first-order valence-corrected chi connectivity index (χ1v) is 10.1. The first kappa shape index (κ1) is 20.0. The molecule has 3 aromatic rings. The third-order valence-corrected chi connectivity index (χ3v) is 5.41. The number of ether oxygens (including phenoxy) is 1. The van der Waals surface area contributed by atoms with Crippen molar-refractivity contribution < 1.29 is 13.9 Å². The first-order valence-electron chi connectivity index (χ1n) is 8.30. The molecule has 0 aliphatic rings. The Labute approximate surface area is 169 Å². The highest BCUT2D eigenvalue weighted by molar-refractivity contribution is 8.01. The lowest BCUT2D eigenvalue weighted by atomic mass is 10.2. The number of halogens is 1. The minimum absolute atomic E-state index is 0.214. The average molecular weight is 417 g/mol. The fraction of sp³-hybridized carbons (Fsp3) is 0.158. The lowest BCUT2D eigenvalue weighted by Gasteiger charge is -2.06. The predicted octanol–water partition coefficient (Wildman–Crippen LogP) is 3.81. The third kappa shape index (κ3) is 6.43. The zero-order chi connectivity index (χ0) is 19.8. The van der Waals surface area contributed by atoms with Crippen LogP contribution < -0.4 is 10.2 Å². The van der Waals surface area contributed by atoms with Crippen molar-refractivity contribution in [3.8, 4) is 5.75 Å². The van der Waals surface area contributed by atoms with E-state index in [4.69, 9.17) is 4.74 Å². The number of rotatable bonds is 8. The third-order valence-electron chi connectivity index (χ3n) is 3.44. The number of hydrazone groups is 1. The lowest BCUT2D eigenvalue weighted by molar-refractivity contribution is -0.118. The normalized spacial score (nSPS) is 10.9. The van der Waals surface area contributed by atoms with Crippen LogP contribution in [0.5, 0.6) is 5.75 Å². The Balaban J connectivity index is 1.41. The quantitative estimate of drug-likeness (QED) is 0.343. The van der Waals surface area contributed by atoms with Crippen molar-refractivity contribution in [2.75, 3.05) is 5.75 Å².